The highest BCUT2D eigenvalue weighted by atomic mass is 16.5. The third-order valence-electron chi connectivity index (χ3n) is 5.08. The molecule has 0 saturated carbocycles. The van der Waals surface area contributed by atoms with Crippen molar-refractivity contribution in [2.75, 3.05) is 6.61 Å². The molecule has 0 aliphatic heterocycles. The van der Waals surface area contributed by atoms with Gasteiger partial charge in [0, 0.05) is 34.6 Å². The Bertz CT molecular complexity index is 1080. The van der Waals surface area contributed by atoms with Crippen molar-refractivity contribution in [2.45, 2.75) is 33.7 Å². The predicted octanol–water partition coefficient (Wildman–Crippen LogP) is 4.79. The van der Waals surface area contributed by atoms with Crippen LogP contribution in [0.5, 0.6) is 0 Å². The van der Waals surface area contributed by atoms with Crippen molar-refractivity contribution < 1.29 is 19.1 Å². The van der Waals surface area contributed by atoms with E-state index < -0.39 is 5.97 Å². The molecule has 0 spiro atoms. The molecule has 0 unspecified atom stereocenters. The minimum absolute atomic E-state index is 0.149. The Morgan fingerprint density at radius 3 is 2.17 bits per heavy atom. The molecular formula is C25H25NO4. The van der Waals surface area contributed by atoms with Crippen LogP contribution in [0.4, 0.5) is 0 Å². The fraction of sp³-hybridized carbons (Fsp3) is 0.240. The molecule has 30 heavy (non-hydrogen) atoms. The average molecular weight is 403 g/mol. The second kappa shape index (κ2) is 9.35. The van der Waals surface area contributed by atoms with Crippen molar-refractivity contribution in [3.63, 3.8) is 0 Å². The number of aromatic nitrogens is 1. The average Bonchev–Trinajstić information content (AvgIpc) is 3.06. The van der Waals surface area contributed by atoms with Crippen molar-refractivity contribution in [1.29, 1.82) is 0 Å². The number of nitrogens with zero attached hydrogens (tertiary/aromatic N) is 1. The predicted molar refractivity (Wildman–Crippen MR) is 115 cm³/mol. The molecule has 0 fully saturated rings. The molecule has 0 saturated heterocycles. The number of Topliss-reactive ketones (excluding diaryl/α,β-unsaturated/α-hetero) is 1. The summed E-state index contributed by atoms with van der Waals surface area (Å²) in [5.74, 6) is -1.21. The van der Waals surface area contributed by atoms with E-state index in [1.54, 1.807) is 42.5 Å². The van der Waals surface area contributed by atoms with Crippen LogP contribution in [0.2, 0.25) is 0 Å². The van der Waals surface area contributed by atoms with Gasteiger partial charge in [0.15, 0.2) is 12.4 Å². The third kappa shape index (κ3) is 4.40. The van der Waals surface area contributed by atoms with Gasteiger partial charge in [-0.05, 0) is 32.4 Å². The largest absolute Gasteiger partial charge is 0.454 e. The number of benzene rings is 2. The smallest absolute Gasteiger partial charge is 0.339 e. The van der Waals surface area contributed by atoms with E-state index in [-0.39, 0.29) is 29.3 Å². The van der Waals surface area contributed by atoms with Gasteiger partial charge in [0.05, 0.1) is 5.56 Å². The third-order valence-corrected chi connectivity index (χ3v) is 5.08. The summed E-state index contributed by atoms with van der Waals surface area (Å²) in [6.45, 7) is 6.39. The molecule has 5 nitrogen and oxygen atoms in total. The molecule has 5 heteroatoms. The normalized spacial score (nSPS) is 10.6. The maximum absolute atomic E-state index is 12.8. The van der Waals surface area contributed by atoms with Crippen LogP contribution >= 0.6 is 0 Å². The first-order valence-electron chi connectivity index (χ1n) is 9.99. The van der Waals surface area contributed by atoms with Crippen LogP contribution in [0, 0.1) is 13.8 Å². The number of carbonyl (C=O) groups is 3. The zero-order valence-electron chi connectivity index (χ0n) is 17.5. The minimum Gasteiger partial charge on any atom is -0.454 e. The van der Waals surface area contributed by atoms with Crippen LogP contribution in [0.3, 0.4) is 0 Å². The molecule has 0 bridgehead atoms. The second-order valence-electron chi connectivity index (χ2n) is 7.18. The van der Waals surface area contributed by atoms with Crippen LogP contribution in [-0.4, -0.2) is 28.7 Å². The summed E-state index contributed by atoms with van der Waals surface area (Å²) in [5, 5.41) is 0. The lowest BCUT2D eigenvalue weighted by Crippen LogP contribution is -2.17. The van der Waals surface area contributed by atoms with E-state index >= 15 is 0 Å². The molecule has 0 atom stereocenters. The number of rotatable bonds is 8. The maximum atomic E-state index is 12.8. The fourth-order valence-electron chi connectivity index (χ4n) is 3.54. The Morgan fingerprint density at radius 1 is 0.867 bits per heavy atom. The van der Waals surface area contributed by atoms with Crippen LogP contribution in [0.25, 0.3) is 0 Å². The van der Waals surface area contributed by atoms with Gasteiger partial charge in [-0.2, -0.15) is 0 Å². The molecular weight excluding hydrogens is 378 g/mol. The molecule has 3 rings (SSSR count). The number of ketones is 2. The molecule has 0 aliphatic carbocycles. The van der Waals surface area contributed by atoms with Crippen molar-refractivity contribution in [2.24, 2.45) is 0 Å². The van der Waals surface area contributed by atoms with E-state index in [2.05, 4.69) is 11.5 Å². The van der Waals surface area contributed by atoms with Gasteiger partial charge in [-0.15, -0.1) is 0 Å². The summed E-state index contributed by atoms with van der Waals surface area (Å²) in [6.07, 6.45) is 0.963. The Hall–Kier alpha value is -3.47. The quantitative estimate of drug-likeness (QED) is 0.401. The lowest BCUT2D eigenvalue weighted by atomic mass is 9.98. The van der Waals surface area contributed by atoms with Crippen molar-refractivity contribution >= 4 is 17.5 Å². The number of hydrogen-bond donors (Lipinski definition) is 0. The maximum Gasteiger partial charge on any atom is 0.339 e. The van der Waals surface area contributed by atoms with Gasteiger partial charge in [-0.3, -0.25) is 9.59 Å². The van der Waals surface area contributed by atoms with Gasteiger partial charge in [0.1, 0.15) is 0 Å². The standard InChI is InChI=1S/C25H25NO4/c1-4-14-26-17(2)15-22(18(26)3)23(27)16-30-25(29)21-13-9-8-12-20(21)24(28)19-10-6-5-7-11-19/h5-13,15H,4,14,16H2,1-3H3. The number of ether oxygens (including phenoxy) is 1. The van der Waals surface area contributed by atoms with Gasteiger partial charge in [0.25, 0.3) is 0 Å². The molecule has 1 aromatic heterocycles. The number of esters is 1. The highest BCUT2D eigenvalue weighted by Crippen LogP contribution is 2.18. The van der Waals surface area contributed by atoms with E-state index in [4.69, 9.17) is 4.74 Å². The zero-order chi connectivity index (χ0) is 21.7. The minimum atomic E-state index is -0.689. The Balaban J connectivity index is 1.76. The summed E-state index contributed by atoms with van der Waals surface area (Å²) in [7, 11) is 0. The summed E-state index contributed by atoms with van der Waals surface area (Å²) in [4.78, 5) is 38.1. The number of carbonyl (C=O) groups excluding carboxylic acids is 3. The summed E-state index contributed by atoms with van der Waals surface area (Å²) < 4.78 is 7.37. The fourth-order valence-corrected chi connectivity index (χ4v) is 3.54. The molecule has 0 N–H and O–H groups in total. The van der Waals surface area contributed by atoms with E-state index in [1.807, 2.05) is 26.0 Å². The van der Waals surface area contributed by atoms with Crippen molar-refractivity contribution in [3.8, 4) is 0 Å². The van der Waals surface area contributed by atoms with Crippen LogP contribution < -0.4 is 0 Å². The molecule has 0 aliphatic rings. The van der Waals surface area contributed by atoms with Crippen LogP contribution in [0.15, 0.2) is 60.7 Å². The Morgan fingerprint density at radius 2 is 1.50 bits per heavy atom. The van der Waals surface area contributed by atoms with Gasteiger partial charge in [-0.1, -0.05) is 55.5 Å². The highest BCUT2D eigenvalue weighted by molar-refractivity contribution is 6.14. The van der Waals surface area contributed by atoms with Gasteiger partial charge in [-0.25, -0.2) is 4.79 Å². The zero-order valence-corrected chi connectivity index (χ0v) is 17.5. The van der Waals surface area contributed by atoms with E-state index in [0.29, 0.717) is 11.1 Å². The lowest BCUT2D eigenvalue weighted by Gasteiger charge is -2.10. The van der Waals surface area contributed by atoms with Crippen LogP contribution in [-0.2, 0) is 11.3 Å². The van der Waals surface area contributed by atoms with Crippen molar-refractivity contribution in [3.05, 3.63) is 94.3 Å². The summed E-state index contributed by atoms with van der Waals surface area (Å²) in [5.41, 5.74) is 3.32. The highest BCUT2D eigenvalue weighted by Gasteiger charge is 2.21. The molecule has 0 radical (unpaired) electrons. The SMILES string of the molecule is CCCn1c(C)cc(C(=O)COC(=O)c2ccccc2C(=O)c2ccccc2)c1C. The number of aryl methyl sites for hydroxylation is 1. The molecule has 3 aromatic rings. The van der Waals surface area contributed by atoms with Gasteiger partial charge < -0.3 is 9.30 Å². The molecule has 154 valence electrons. The first kappa shape index (κ1) is 21.2. The summed E-state index contributed by atoms with van der Waals surface area (Å²) >= 11 is 0. The van der Waals surface area contributed by atoms with E-state index in [1.165, 1.54) is 6.07 Å². The lowest BCUT2D eigenvalue weighted by molar-refractivity contribution is 0.0472. The van der Waals surface area contributed by atoms with E-state index in [0.717, 1.165) is 24.4 Å². The molecule has 1 heterocycles. The van der Waals surface area contributed by atoms with E-state index in [9.17, 15) is 14.4 Å². The number of hydrogen-bond acceptors (Lipinski definition) is 4. The van der Waals surface area contributed by atoms with Crippen LogP contribution in [0.1, 0.15) is 61.4 Å². The molecule has 2 aromatic carbocycles. The topological polar surface area (TPSA) is 65.4 Å². The van der Waals surface area contributed by atoms with Crippen molar-refractivity contribution in [1.82, 2.24) is 4.57 Å². The first-order valence-corrected chi connectivity index (χ1v) is 9.99. The monoisotopic (exact) mass is 403 g/mol. The molecule has 0 amide bonds. The van der Waals surface area contributed by atoms with Gasteiger partial charge >= 0.3 is 5.97 Å². The van der Waals surface area contributed by atoms with Gasteiger partial charge in [0.2, 0.25) is 5.78 Å². The first-order chi connectivity index (χ1) is 14.4. The summed E-state index contributed by atoms with van der Waals surface area (Å²) in [6, 6.07) is 17.1. The Labute approximate surface area is 176 Å². The Kier molecular flexibility index (Phi) is 6.62. The second-order valence-corrected chi connectivity index (χ2v) is 7.18.